The smallest absolute Gasteiger partial charge is 0.255 e. The molecule has 0 spiro atoms. The number of hydrogen-bond acceptors (Lipinski definition) is 3. The van der Waals surface area contributed by atoms with E-state index in [0.29, 0.717) is 10.4 Å². The van der Waals surface area contributed by atoms with Crippen LogP contribution in [0.2, 0.25) is 0 Å². The molecule has 0 amide bonds. The molecule has 0 radical (unpaired) electrons. The first-order valence-electron chi connectivity index (χ1n) is 4.99. The maximum Gasteiger partial charge on any atom is 0.255 e. The summed E-state index contributed by atoms with van der Waals surface area (Å²) in [5.74, 6) is 0.773. The third-order valence-corrected chi connectivity index (χ3v) is 4.09. The van der Waals surface area contributed by atoms with Crippen LogP contribution in [0.4, 0.5) is 8.78 Å². The van der Waals surface area contributed by atoms with Crippen LogP contribution in [0.25, 0.3) is 0 Å². The van der Waals surface area contributed by atoms with Crippen LogP contribution >= 0.6 is 11.8 Å². The molecule has 1 aliphatic heterocycles. The number of halogens is 2. The highest BCUT2D eigenvalue weighted by molar-refractivity contribution is 8.14. The lowest BCUT2D eigenvalue weighted by Crippen LogP contribution is -2.28. The molecule has 5 heteroatoms. The van der Waals surface area contributed by atoms with Crippen molar-refractivity contribution in [3.05, 3.63) is 0 Å². The van der Waals surface area contributed by atoms with Gasteiger partial charge in [-0.05, 0) is 18.8 Å². The molecule has 2 rings (SSSR count). The molecule has 14 heavy (non-hydrogen) atoms. The lowest BCUT2D eigenvalue weighted by Gasteiger charge is -2.29. The summed E-state index contributed by atoms with van der Waals surface area (Å²) >= 11 is 1.64. The van der Waals surface area contributed by atoms with E-state index in [-0.39, 0.29) is 6.54 Å². The Hall–Kier alpha value is -0.320. The second-order valence-electron chi connectivity index (χ2n) is 3.77. The van der Waals surface area contributed by atoms with Gasteiger partial charge in [0.1, 0.15) is 0 Å². The summed E-state index contributed by atoms with van der Waals surface area (Å²) in [4.78, 5) is 4.23. The first-order valence-corrected chi connectivity index (χ1v) is 5.87. The highest BCUT2D eigenvalue weighted by Crippen LogP contribution is 2.38. The van der Waals surface area contributed by atoms with Gasteiger partial charge in [0.05, 0.1) is 13.1 Å². The van der Waals surface area contributed by atoms with Gasteiger partial charge in [0.2, 0.25) is 0 Å². The highest BCUT2D eigenvalue weighted by Gasteiger charge is 2.31. The molecular weight excluding hydrogens is 206 g/mol. The molecule has 2 aliphatic rings. The first kappa shape index (κ1) is 10.2. The second-order valence-corrected chi connectivity index (χ2v) is 4.99. The number of hydrogen-bond donors (Lipinski definition) is 1. The molecule has 0 aromatic carbocycles. The topological polar surface area (TPSA) is 24.4 Å². The second kappa shape index (κ2) is 4.47. The van der Waals surface area contributed by atoms with Crippen molar-refractivity contribution in [1.82, 2.24) is 5.32 Å². The van der Waals surface area contributed by atoms with Crippen LogP contribution < -0.4 is 5.32 Å². The van der Waals surface area contributed by atoms with E-state index in [9.17, 15) is 8.78 Å². The summed E-state index contributed by atoms with van der Waals surface area (Å²) in [6.07, 6.45) is 1.60. The fraction of sp³-hybridized carbons (Fsp3) is 0.889. The molecule has 1 atom stereocenters. The maximum atomic E-state index is 11.9. The zero-order valence-corrected chi connectivity index (χ0v) is 8.70. The van der Waals surface area contributed by atoms with Gasteiger partial charge in [0, 0.05) is 5.25 Å². The van der Waals surface area contributed by atoms with Crippen LogP contribution in [-0.4, -0.2) is 29.9 Å². The average molecular weight is 220 g/mol. The van der Waals surface area contributed by atoms with Gasteiger partial charge in [0.15, 0.2) is 5.17 Å². The number of nitrogens with one attached hydrogen (secondary N) is 1. The number of thioether (sulfide) groups is 1. The molecule has 0 saturated heterocycles. The number of rotatable bonds is 3. The van der Waals surface area contributed by atoms with Crippen LogP contribution in [0, 0.1) is 5.92 Å². The van der Waals surface area contributed by atoms with Crippen molar-refractivity contribution in [1.29, 1.82) is 0 Å². The van der Waals surface area contributed by atoms with Crippen molar-refractivity contribution in [2.24, 2.45) is 10.9 Å². The fourth-order valence-electron chi connectivity index (χ4n) is 1.71. The summed E-state index contributed by atoms with van der Waals surface area (Å²) in [5, 5.41) is 3.93. The van der Waals surface area contributed by atoms with Crippen LogP contribution in [0.1, 0.15) is 19.3 Å². The molecule has 2 nitrogen and oxygen atoms in total. The molecule has 1 heterocycles. The molecule has 1 N–H and O–H groups in total. The predicted octanol–water partition coefficient (Wildman–Crippen LogP) is 2.11. The van der Waals surface area contributed by atoms with Gasteiger partial charge in [0.25, 0.3) is 6.43 Å². The van der Waals surface area contributed by atoms with Crippen LogP contribution in [0.5, 0.6) is 0 Å². The number of nitrogens with zero attached hydrogens (tertiary/aromatic N) is 1. The van der Waals surface area contributed by atoms with Gasteiger partial charge in [-0.15, -0.1) is 0 Å². The molecule has 0 aromatic heterocycles. The Morgan fingerprint density at radius 1 is 1.50 bits per heavy atom. The summed E-state index contributed by atoms with van der Waals surface area (Å²) in [5.41, 5.74) is 0. The van der Waals surface area contributed by atoms with Gasteiger partial charge in [-0.1, -0.05) is 18.2 Å². The third-order valence-electron chi connectivity index (χ3n) is 2.76. The van der Waals surface area contributed by atoms with E-state index in [1.54, 1.807) is 11.8 Å². The Bertz CT molecular complexity index is 229. The minimum atomic E-state index is -2.29. The monoisotopic (exact) mass is 220 g/mol. The zero-order chi connectivity index (χ0) is 9.97. The van der Waals surface area contributed by atoms with Crippen molar-refractivity contribution in [2.45, 2.75) is 30.9 Å². The maximum absolute atomic E-state index is 11.9. The van der Waals surface area contributed by atoms with E-state index in [1.165, 1.54) is 19.3 Å². The van der Waals surface area contributed by atoms with E-state index < -0.39 is 6.43 Å². The van der Waals surface area contributed by atoms with Gasteiger partial charge in [-0.2, -0.15) is 0 Å². The van der Waals surface area contributed by atoms with Crippen LogP contribution in [-0.2, 0) is 0 Å². The minimum absolute atomic E-state index is 0.275. The summed E-state index contributed by atoms with van der Waals surface area (Å²) in [7, 11) is 0. The molecule has 1 unspecified atom stereocenters. The van der Waals surface area contributed by atoms with Gasteiger partial charge in [-0.3, -0.25) is 4.99 Å². The zero-order valence-electron chi connectivity index (χ0n) is 7.88. The van der Waals surface area contributed by atoms with E-state index in [0.717, 1.165) is 12.5 Å². The summed E-state index contributed by atoms with van der Waals surface area (Å²) in [6.45, 7) is 0.532. The largest absolute Gasteiger partial charge is 0.359 e. The summed E-state index contributed by atoms with van der Waals surface area (Å²) in [6, 6.07) is 0. The quantitative estimate of drug-likeness (QED) is 0.787. The van der Waals surface area contributed by atoms with Crippen molar-refractivity contribution in [3.63, 3.8) is 0 Å². The van der Waals surface area contributed by atoms with Gasteiger partial charge in [-0.25, -0.2) is 8.78 Å². The SMILES string of the molecule is FC(F)CNC1=NCC(C2CCC2)S1. The lowest BCUT2D eigenvalue weighted by atomic mass is 9.83. The first-order chi connectivity index (χ1) is 6.75. The average Bonchev–Trinajstić information content (AvgIpc) is 2.46. The number of alkyl halides is 2. The third kappa shape index (κ3) is 2.38. The standard InChI is InChI=1S/C9H14F2N2S/c10-8(11)5-13-9-12-4-7(14-9)6-2-1-3-6/h6-8H,1-5H2,(H,12,13). The Morgan fingerprint density at radius 3 is 2.86 bits per heavy atom. The Balaban J connectivity index is 1.70. The predicted molar refractivity (Wildman–Crippen MR) is 55.0 cm³/mol. The lowest BCUT2D eigenvalue weighted by molar-refractivity contribution is 0.152. The molecule has 1 fully saturated rings. The van der Waals surface area contributed by atoms with E-state index in [2.05, 4.69) is 10.3 Å². The summed E-state index contributed by atoms with van der Waals surface area (Å²) < 4.78 is 23.8. The van der Waals surface area contributed by atoms with Crippen molar-refractivity contribution >= 4 is 16.9 Å². The van der Waals surface area contributed by atoms with Gasteiger partial charge >= 0.3 is 0 Å². The van der Waals surface area contributed by atoms with Crippen molar-refractivity contribution in [3.8, 4) is 0 Å². The molecular formula is C9H14F2N2S. The van der Waals surface area contributed by atoms with Crippen molar-refractivity contribution in [2.75, 3.05) is 13.1 Å². The Morgan fingerprint density at radius 2 is 2.29 bits per heavy atom. The fourth-order valence-corrected chi connectivity index (χ4v) is 2.93. The molecule has 1 saturated carbocycles. The van der Waals surface area contributed by atoms with Crippen LogP contribution in [0.15, 0.2) is 4.99 Å². The molecule has 80 valence electrons. The number of amidine groups is 1. The number of aliphatic imine (C=N–C) groups is 1. The van der Waals surface area contributed by atoms with E-state index >= 15 is 0 Å². The van der Waals surface area contributed by atoms with E-state index in [1.807, 2.05) is 0 Å². The minimum Gasteiger partial charge on any atom is -0.359 e. The highest BCUT2D eigenvalue weighted by atomic mass is 32.2. The molecule has 0 aromatic rings. The molecule has 1 aliphatic carbocycles. The Kier molecular flexibility index (Phi) is 3.26. The van der Waals surface area contributed by atoms with E-state index in [4.69, 9.17) is 0 Å². The van der Waals surface area contributed by atoms with Gasteiger partial charge < -0.3 is 5.32 Å². The van der Waals surface area contributed by atoms with Crippen LogP contribution in [0.3, 0.4) is 0 Å². The molecule has 0 bridgehead atoms. The van der Waals surface area contributed by atoms with Crippen molar-refractivity contribution < 1.29 is 8.78 Å². The normalized spacial score (nSPS) is 27.6. The Labute approximate surface area is 86.5 Å².